The van der Waals surface area contributed by atoms with Gasteiger partial charge in [-0.3, -0.25) is 10.2 Å². The van der Waals surface area contributed by atoms with Crippen LogP contribution >= 0.6 is 34.5 Å². The lowest BCUT2D eigenvalue weighted by Gasteiger charge is -2.12. The molecule has 0 aliphatic rings. The smallest absolute Gasteiger partial charge is 0.262 e. The van der Waals surface area contributed by atoms with Crippen LogP contribution in [0.3, 0.4) is 0 Å². The lowest BCUT2D eigenvalue weighted by atomic mass is 10.2. The third kappa shape index (κ3) is 4.02. The van der Waals surface area contributed by atoms with Gasteiger partial charge in [0.15, 0.2) is 11.7 Å². The van der Waals surface area contributed by atoms with Crippen LogP contribution in [0.2, 0.25) is 10.0 Å². The fourth-order valence-electron chi connectivity index (χ4n) is 2.54. The third-order valence-corrected chi connectivity index (χ3v) is 5.07. The molecule has 3 aromatic rings. The Morgan fingerprint density at radius 1 is 1.23 bits per heavy atom. The lowest BCUT2D eigenvalue weighted by molar-refractivity contribution is -0.118. The molecule has 1 amide bonds. The van der Waals surface area contributed by atoms with Crippen molar-refractivity contribution >= 4 is 61.5 Å². The van der Waals surface area contributed by atoms with Crippen LogP contribution in [0.1, 0.15) is 11.1 Å². The molecule has 4 N–H and O–H groups in total. The van der Waals surface area contributed by atoms with Crippen molar-refractivity contribution in [2.24, 2.45) is 5.84 Å². The molecule has 136 valence electrons. The number of carbonyl (C=O) groups excluding carboxylic acids is 1. The maximum Gasteiger partial charge on any atom is 0.262 e. The maximum atomic E-state index is 12.2. The number of rotatable bonds is 5. The summed E-state index contributed by atoms with van der Waals surface area (Å²) in [6, 6.07) is 7.00. The van der Waals surface area contributed by atoms with Gasteiger partial charge in [-0.25, -0.2) is 10.8 Å². The number of benzene rings is 2. The van der Waals surface area contributed by atoms with E-state index in [1.807, 2.05) is 26.0 Å². The molecule has 0 unspecified atom stereocenters. The summed E-state index contributed by atoms with van der Waals surface area (Å²) in [5.41, 5.74) is 5.75. The zero-order chi connectivity index (χ0) is 18.8. The number of anilines is 2. The van der Waals surface area contributed by atoms with Crippen LogP contribution < -0.4 is 21.3 Å². The molecule has 6 nitrogen and oxygen atoms in total. The van der Waals surface area contributed by atoms with E-state index < -0.39 is 0 Å². The van der Waals surface area contributed by atoms with Gasteiger partial charge in [0, 0.05) is 10.7 Å². The maximum absolute atomic E-state index is 12.2. The van der Waals surface area contributed by atoms with Crippen molar-refractivity contribution in [2.75, 3.05) is 17.3 Å². The minimum absolute atomic E-state index is 0.169. The minimum atomic E-state index is -0.296. The molecule has 0 atom stereocenters. The number of hydrogen-bond donors (Lipinski definition) is 3. The van der Waals surface area contributed by atoms with E-state index in [1.54, 1.807) is 12.1 Å². The van der Waals surface area contributed by atoms with Crippen LogP contribution in [0, 0.1) is 13.8 Å². The van der Waals surface area contributed by atoms with Gasteiger partial charge in [0.05, 0.1) is 15.2 Å². The van der Waals surface area contributed by atoms with Gasteiger partial charge >= 0.3 is 0 Å². The molecule has 3 rings (SSSR count). The number of amides is 1. The predicted molar refractivity (Wildman–Crippen MR) is 107 cm³/mol. The number of carbonyl (C=O) groups is 1. The number of aryl methyl sites for hydroxylation is 2. The topological polar surface area (TPSA) is 89.3 Å². The standard InChI is InChI=1S/C17H16Cl2N4O2S/c1-8-4-11(6-13-15(8)22-17(23-20)26-13)21-14(24)7-25-16-9(2)3-10(18)5-12(16)19/h3-6H,7,20H2,1-2H3,(H,21,24)(H,22,23). The SMILES string of the molecule is Cc1cc(Cl)cc(Cl)c1OCC(=O)Nc1cc(C)c2nc(NN)sc2c1. The second-order valence-electron chi connectivity index (χ2n) is 5.67. The molecular weight excluding hydrogens is 395 g/mol. The number of nitrogens with one attached hydrogen (secondary N) is 2. The summed E-state index contributed by atoms with van der Waals surface area (Å²) in [6.07, 6.45) is 0. The van der Waals surface area contributed by atoms with Crippen molar-refractivity contribution in [1.82, 2.24) is 4.98 Å². The predicted octanol–water partition coefficient (Wildman–Crippen LogP) is 4.52. The second-order valence-corrected chi connectivity index (χ2v) is 7.55. The summed E-state index contributed by atoms with van der Waals surface area (Å²) in [6.45, 7) is 3.57. The van der Waals surface area contributed by atoms with Crippen LogP contribution in [0.15, 0.2) is 24.3 Å². The Morgan fingerprint density at radius 2 is 2.00 bits per heavy atom. The monoisotopic (exact) mass is 410 g/mol. The Morgan fingerprint density at radius 3 is 2.69 bits per heavy atom. The van der Waals surface area contributed by atoms with Crippen molar-refractivity contribution in [1.29, 1.82) is 0 Å². The van der Waals surface area contributed by atoms with Gasteiger partial charge in [-0.2, -0.15) is 0 Å². The van der Waals surface area contributed by atoms with Gasteiger partial charge < -0.3 is 10.1 Å². The summed E-state index contributed by atoms with van der Waals surface area (Å²) in [5, 5.41) is 4.32. The normalized spacial score (nSPS) is 10.8. The van der Waals surface area contributed by atoms with Gasteiger partial charge in [0.1, 0.15) is 5.75 Å². The molecule has 0 fully saturated rings. The number of ether oxygens (including phenoxy) is 1. The molecule has 1 heterocycles. The molecule has 0 aliphatic heterocycles. The highest BCUT2D eigenvalue weighted by Gasteiger charge is 2.12. The molecule has 26 heavy (non-hydrogen) atoms. The first kappa shape index (κ1) is 18.7. The number of thiazole rings is 1. The van der Waals surface area contributed by atoms with Crippen LogP contribution in [0.4, 0.5) is 10.8 Å². The Bertz CT molecular complexity index is 967. The third-order valence-electron chi connectivity index (χ3n) is 3.63. The number of aromatic nitrogens is 1. The first-order valence-electron chi connectivity index (χ1n) is 7.63. The highest BCUT2D eigenvalue weighted by molar-refractivity contribution is 7.22. The summed E-state index contributed by atoms with van der Waals surface area (Å²) in [7, 11) is 0. The summed E-state index contributed by atoms with van der Waals surface area (Å²) >= 11 is 13.5. The Labute approximate surface area is 164 Å². The van der Waals surface area contributed by atoms with E-state index in [0.29, 0.717) is 26.6 Å². The molecule has 0 saturated heterocycles. The average Bonchev–Trinajstić information content (AvgIpc) is 2.97. The zero-order valence-electron chi connectivity index (χ0n) is 14.0. The quantitative estimate of drug-likeness (QED) is 0.424. The highest BCUT2D eigenvalue weighted by atomic mass is 35.5. The summed E-state index contributed by atoms with van der Waals surface area (Å²) < 4.78 is 6.48. The van der Waals surface area contributed by atoms with Gasteiger partial charge in [0.2, 0.25) is 0 Å². The van der Waals surface area contributed by atoms with Gasteiger partial charge in [-0.05, 0) is 49.2 Å². The van der Waals surface area contributed by atoms with E-state index in [2.05, 4.69) is 15.7 Å². The largest absolute Gasteiger partial charge is 0.482 e. The molecule has 0 radical (unpaired) electrons. The summed E-state index contributed by atoms with van der Waals surface area (Å²) in [4.78, 5) is 16.6. The lowest BCUT2D eigenvalue weighted by Crippen LogP contribution is -2.20. The molecule has 0 bridgehead atoms. The number of fused-ring (bicyclic) bond motifs is 1. The molecule has 0 saturated carbocycles. The Hall–Kier alpha value is -2.06. The first-order chi connectivity index (χ1) is 12.4. The fraction of sp³-hybridized carbons (Fsp3) is 0.176. The van der Waals surface area contributed by atoms with E-state index in [-0.39, 0.29) is 12.5 Å². The van der Waals surface area contributed by atoms with Crippen molar-refractivity contribution in [3.63, 3.8) is 0 Å². The zero-order valence-corrected chi connectivity index (χ0v) is 16.4. The first-order valence-corrected chi connectivity index (χ1v) is 9.20. The van der Waals surface area contributed by atoms with E-state index in [1.165, 1.54) is 11.3 Å². The average molecular weight is 411 g/mol. The fourth-order valence-corrected chi connectivity index (χ4v) is 4.08. The van der Waals surface area contributed by atoms with Crippen LogP contribution in [0.25, 0.3) is 10.2 Å². The number of nitrogen functional groups attached to an aromatic ring is 1. The van der Waals surface area contributed by atoms with Crippen LogP contribution in [-0.4, -0.2) is 17.5 Å². The number of nitrogens with two attached hydrogens (primary N) is 1. The molecular formula is C17H16Cl2N4O2S. The van der Waals surface area contributed by atoms with Crippen molar-refractivity contribution in [3.8, 4) is 5.75 Å². The molecule has 1 aromatic heterocycles. The molecule has 0 aliphatic carbocycles. The molecule has 2 aromatic carbocycles. The summed E-state index contributed by atoms with van der Waals surface area (Å²) in [5.74, 6) is 5.55. The number of hydrogen-bond acceptors (Lipinski definition) is 6. The van der Waals surface area contributed by atoms with Crippen LogP contribution in [0.5, 0.6) is 5.75 Å². The van der Waals surface area contributed by atoms with Gasteiger partial charge in [0.25, 0.3) is 5.91 Å². The van der Waals surface area contributed by atoms with E-state index in [0.717, 1.165) is 21.3 Å². The van der Waals surface area contributed by atoms with E-state index in [4.69, 9.17) is 33.8 Å². The van der Waals surface area contributed by atoms with E-state index in [9.17, 15) is 4.79 Å². The number of halogens is 2. The van der Waals surface area contributed by atoms with Crippen molar-refractivity contribution in [3.05, 3.63) is 45.4 Å². The highest BCUT2D eigenvalue weighted by Crippen LogP contribution is 2.32. The number of hydrazine groups is 1. The Kier molecular flexibility index (Phi) is 5.52. The van der Waals surface area contributed by atoms with Gasteiger partial charge in [-0.1, -0.05) is 34.5 Å². The number of nitrogens with zero attached hydrogens (tertiary/aromatic N) is 1. The Balaban J connectivity index is 1.71. The van der Waals surface area contributed by atoms with E-state index >= 15 is 0 Å². The second kappa shape index (κ2) is 7.67. The minimum Gasteiger partial charge on any atom is -0.482 e. The van der Waals surface area contributed by atoms with Crippen LogP contribution in [-0.2, 0) is 4.79 Å². The van der Waals surface area contributed by atoms with Crippen molar-refractivity contribution < 1.29 is 9.53 Å². The molecule has 0 spiro atoms. The molecule has 9 heteroatoms. The van der Waals surface area contributed by atoms with Gasteiger partial charge in [-0.15, -0.1) is 0 Å². The van der Waals surface area contributed by atoms with Crippen molar-refractivity contribution in [2.45, 2.75) is 13.8 Å².